The molecule has 1 N–H and O–H groups in total. The zero-order chi connectivity index (χ0) is 22.4. The second-order valence-corrected chi connectivity index (χ2v) is 9.60. The third-order valence-electron chi connectivity index (χ3n) is 5.45. The predicted octanol–water partition coefficient (Wildman–Crippen LogP) is 3.81. The Kier molecular flexibility index (Phi) is 4.84. The van der Waals surface area contributed by atoms with Gasteiger partial charge in [-0.2, -0.15) is 0 Å². The van der Waals surface area contributed by atoms with Crippen LogP contribution >= 0.6 is 22.7 Å². The van der Waals surface area contributed by atoms with Crippen LogP contribution in [0.1, 0.15) is 18.9 Å². The summed E-state index contributed by atoms with van der Waals surface area (Å²) in [5.74, 6) is 0.364. The van der Waals surface area contributed by atoms with Crippen molar-refractivity contribution < 1.29 is 4.79 Å². The van der Waals surface area contributed by atoms with Gasteiger partial charge in [-0.05, 0) is 46.8 Å². The lowest BCUT2D eigenvalue weighted by Crippen LogP contribution is -2.27. The molecule has 1 saturated carbocycles. The number of carbonyl (C=O) groups excluding carboxylic acids is 1. The van der Waals surface area contributed by atoms with Crippen molar-refractivity contribution >= 4 is 44.5 Å². The van der Waals surface area contributed by atoms with E-state index in [1.54, 1.807) is 17.4 Å². The SMILES string of the molecule is O=C(Cn1cnc2scc(-c3cccs3)c2c1=O)Nc1cccc(-c2nnnn2C2CC2)c1. The molecule has 0 atom stereocenters. The van der Waals surface area contributed by atoms with E-state index in [0.717, 1.165) is 28.8 Å². The number of hydrogen-bond acceptors (Lipinski definition) is 8. The summed E-state index contributed by atoms with van der Waals surface area (Å²) in [7, 11) is 0. The van der Waals surface area contributed by atoms with Gasteiger partial charge in [0.1, 0.15) is 11.4 Å². The van der Waals surface area contributed by atoms with Crippen molar-refractivity contribution in [3.8, 4) is 21.8 Å². The van der Waals surface area contributed by atoms with E-state index in [-0.39, 0.29) is 18.0 Å². The largest absolute Gasteiger partial charge is 0.325 e. The fraction of sp³-hybridized carbons (Fsp3) is 0.182. The van der Waals surface area contributed by atoms with Gasteiger partial charge in [0.05, 0.1) is 17.8 Å². The van der Waals surface area contributed by atoms with E-state index in [9.17, 15) is 9.59 Å². The van der Waals surface area contributed by atoms with Gasteiger partial charge in [0, 0.05) is 27.1 Å². The number of amides is 1. The predicted molar refractivity (Wildman–Crippen MR) is 127 cm³/mol. The molecule has 0 radical (unpaired) electrons. The normalized spacial score (nSPS) is 13.5. The topological polar surface area (TPSA) is 108 Å². The maximum atomic E-state index is 13.1. The van der Waals surface area contributed by atoms with Crippen LogP contribution in [-0.2, 0) is 11.3 Å². The summed E-state index contributed by atoms with van der Waals surface area (Å²) in [6.45, 7) is -0.133. The molecular weight excluding hydrogens is 458 g/mol. The molecule has 1 fully saturated rings. The van der Waals surface area contributed by atoms with Crippen molar-refractivity contribution in [2.45, 2.75) is 25.4 Å². The lowest BCUT2D eigenvalue weighted by molar-refractivity contribution is -0.116. The number of rotatable bonds is 6. The Labute approximate surface area is 195 Å². The van der Waals surface area contributed by atoms with E-state index in [4.69, 9.17) is 0 Å². The quantitative estimate of drug-likeness (QED) is 0.400. The van der Waals surface area contributed by atoms with E-state index in [0.29, 0.717) is 27.8 Å². The smallest absolute Gasteiger partial charge is 0.263 e. The Morgan fingerprint density at radius 2 is 2.09 bits per heavy atom. The number of hydrogen-bond donors (Lipinski definition) is 1. The van der Waals surface area contributed by atoms with Crippen molar-refractivity contribution in [3.05, 3.63) is 63.8 Å². The summed E-state index contributed by atoms with van der Waals surface area (Å²) < 4.78 is 3.17. The molecular formula is C22H17N7O2S2. The van der Waals surface area contributed by atoms with Gasteiger partial charge in [-0.25, -0.2) is 9.67 Å². The Balaban J connectivity index is 1.24. The van der Waals surface area contributed by atoms with Crippen molar-refractivity contribution in [3.63, 3.8) is 0 Å². The van der Waals surface area contributed by atoms with Gasteiger partial charge in [0.25, 0.3) is 5.56 Å². The fourth-order valence-corrected chi connectivity index (χ4v) is 5.45. The second-order valence-electron chi connectivity index (χ2n) is 7.79. The second kappa shape index (κ2) is 8.01. The standard InChI is InChI=1S/C22H17N7O2S2/c30-18(24-14-4-1-3-13(9-14)20-25-26-27-29(20)15-6-7-15)10-28-12-23-21-19(22(28)31)16(11-33-21)17-5-2-8-32-17/h1-5,8-9,11-12,15H,6-7,10H2,(H,24,30). The molecule has 9 nitrogen and oxygen atoms in total. The van der Waals surface area contributed by atoms with E-state index in [2.05, 4.69) is 25.8 Å². The third-order valence-corrected chi connectivity index (χ3v) is 7.24. The van der Waals surface area contributed by atoms with Crippen LogP contribution in [0, 0.1) is 0 Å². The average Bonchev–Trinajstić information content (AvgIpc) is 3.22. The van der Waals surface area contributed by atoms with Gasteiger partial charge in [-0.3, -0.25) is 14.2 Å². The minimum atomic E-state index is -0.315. The number of nitrogens with zero attached hydrogens (tertiary/aromatic N) is 6. The molecule has 1 aromatic carbocycles. The van der Waals surface area contributed by atoms with Crippen LogP contribution in [-0.4, -0.2) is 35.7 Å². The highest BCUT2D eigenvalue weighted by Crippen LogP contribution is 2.37. The van der Waals surface area contributed by atoms with Gasteiger partial charge in [-0.1, -0.05) is 18.2 Å². The van der Waals surface area contributed by atoms with E-state index in [1.165, 1.54) is 22.2 Å². The van der Waals surface area contributed by atoms with Crippen molar-refractivity contribution in [1.29, 1.82) is 0 Å². The highest BCUT2D eigenvalue weighted by atomic mass is 32.1. The third kappa shape index (κ3) is 3.74. The maximum absolute atomic E-state index is 13.1. The van der Waals surface area contributed by atoms with Crippen LogP contribution in [0.2, 0.25) is 0 Å². The lowest BCUT2D eigenvalue weighted by atomic mass is 10.2. The molecule has 33 heavy (non-hydrogen) atoms. The van der Waals surface area contributed by atoms with E-state index in [1.807, 2.05) is 45.8 Å². The first-order chi connectivity index (χ1) is 16.2. The number of nitrogens with one attached hydrogen (secondary N) is 1. The molecule has 1 aliphatic carbocycles. The summed E-state index contributed by atoms with van der Waals surface area (Å²) in [5, 5.41) is 19.3. The zero-order valence-corrected chi connectivity index (χ0v) is 18.8. The molecule has 1 amide bonds. The Morgan fingerprint density at radius 3 is 2.91 bits per heavy atom. The maximum Gasteiger partial charge on any atom is 0.263 e. The molecule has 0 saturated heterocycles. The van der Waals surface area contributed by atoms with Crippen LogP contribution in [0.15, 0.2) is 58.3 Å². The number of aromatic nitrogens is 6. The van der Waals surface area contributed by atoms with Crippen LogP contribution < -0.4 is 10.9 Å². The molecule has 0 aliphatic heterocycles. The highest BCUT2D eigenvalue weighted by Gasteiger charge is 2.28. The summed E-state index contributed by atoms with van der Waals surface area (Å²) in [5.41, 5.74) is 2.07. The Hall–Kier alpha value is -3.70. The monoisotopic (exact) mass is 475 g/mol. The van der Waals surface area contributed by atoms with Gasteiger partial charge in [0.15, 0.2) is 5.82 Å². The lowest BCUT2D eigenvalue weighted by Gasteiger charge is -2.09. The number of thiophene rings is 2. The molecule has 11 heteroatoms. The molecule has 0 spiro atoms. The molecule has 164 valence electrons. The fourth-order valence-electron chi connectivity index (χ4n) is 3.73. The first kappa shape index (κ1) is 19.9. The Morgan fingerprint density at radius 1 is 1.18 bits per heavy atom. The summed E-state index contributed by atoms with van der Waals surface area (Å²) in [6, 6.07) is 11.6. The van der Waals surface area contributed by atoms with Crippen molar-refractivity contribution in [2.24, 2.45) is 0 Å². The summed E-state index contributed by atoms with van der Waals surface area (Å²) in [6.07, 6.45) is 3.57. The molecule has 6 rings (SSSR count). The van der Waals surface area contributed by atoms with Crippen molar-refractivity contribution in [2.75, 3.05) is 5.32 Å². The first-order valence-electron chi connectivity index (χ1n) is 10.4. The number of tetrazole rings is 1. The molecule has 1 aliphatic rings. The van der Waals surface area contributed by atoms with Crippen molar-refractivity contribution in [1.82, 2.24) is 29.8 Å². The van der Waals surface area contributed by atoms with Gasteiger partial charge in [-0.15, -0.1) is 27.8 Å². The number of anilines is 1. The number of fused-ring (bicyclic) bond motifs is 1. The summed E-state index contributed by atoms with van der Waals surface area (Å²) in [4.78, 5) is 32.0. The van der Waals surface area contributed by atoms with Crippen LogP contribution in [0.5, 0.6) is 0 Å². The minimum Gasteiger partial charge on any atom is -0.325 e. The van der Waals surface area contributed by atoms with E-state index >= 15 is 0 Å². The van der Waals surface area contributed by atoms with Crippen LogP contribution in [0.25, 0.3) is 32.0 Å². The molecule has 4 aromatic heterocycles. The number of benzene rings is 1. The molecule has 0 unspecified atom stereocenters. The highest BCUT2D eigenvalue weighted by molar-refractivity contribution is 7.18. The zero-order valence-electron chi connectivity index (χ0n) is 17.2. The van der Waals surface area contributed by atoms with Gasteiger partial charge in [0.2, 0.25) is 5.91 Å². The first-order valence-corrected chi connectivity index (χ1v) is 12.1. The van der Waals surface area contributed by atoms with Crippen LogP contribution in [0.4, 0.5) is 5.69 Å². The Bertz CT molecular complexity index is 1530. The average molecular weight is 476 g/mol. The van der Waals surface area contributed by atoms with Gasteiger partial charge >= 0.3 is 0 Å². The van der Waals surface area contributed by atoms with E-state index < -0.39 is 0 Å². The molecule has 0 bridgehead atoms. The molecule has 4 heterocycles. The summed E-state index contributed by atoms with van der Waals surface area (Å²) >= 11 is 3.00. The van der Waals surface area contributed by atoms with Crippen LogP contribution in [0.3, 0.4) is 0 Å². The molecule has 5 aromatic rings. The minimum absolute atomic E-state index is 0.133. The van der Waals surface area contributed by atoms with Gasteiger partial charge < -0.3 is 5.32 Å². The number of carbonyl (C=O) groups is 1.